The summed E-state index contributed by atoms with van der Waals surface area (Å²) >= 11 is 0. The molecule has 56 valence electrons. The molecule has 9 heavy (non-hydrogen) atoms. The highest BCUT2D eigenvalue weighted by Crippen LogP contribution is 2.30. The molecule has 5 heteroatoms. The Morgan fingerprint density at radius 1 is 1.33 bits per heavy atom. The van der Waals surface area contributed by atoms with E-state index < -0.39 is 6.72 Å². The van der Waals surface area contributed by atoms with Crippen molar-refractivity contribution in [3.63, 3.8) is 0 Å². The summed E-state index contributed by atoms with van der Waals surface area (Å²) in [4.78, 5) is 25.3. The highest BCUT2D eigenvalue weighted by atomic mass is 32.5. The quantitative estimate of drug-likeness (QED) is 0.329. The van der Waals surface area contributed by atoms with Gasteiger partial charge in [0.2, 0.25) is 10.9 Å². The minimum Gasteiger partial charge on any atom is -0.290 e. The Morgan fingerprint density at radius 2 is 1.89 bits per heavy atom. The number of hydrogen-bond donors (Lipinski definition) is 3. The van der Waals surface area contributed by atoms with Gasteiger partial charge in [0.1, 0.15) is 0 Å². The average molecular weight is 171 g/mol. The third-order valence-corrected chi connectivity index (χ3v) is 3.17. The molecule has 0 aliphatic carbocycles. The van der Waals surface area contributed by atoms with Crippen LogP contribution in [0.4, 0.5) is 0 Å². The van der Waals surface area contributed by atoms with Crippen LogP contribution in [0.1, 0.15) is 19.8 Å². The summed E-state index contributed by atoms with van der Waals surface area (Å²) in [7, 11) is 0.836. The van der Waals surface area contributed by atoms with Gasteiger partial charge in [-0.3, -0.25) is 14.7 Å². The molecule has 0 fully saturated rings. The van der Waals surface area contributed by atoms with Crippen molar-refractivity contribution < 1.29 is 14.7 Å². The first-order chi connectivity index (χ1) is 4.06. The predicted octanol–water partition coefficient (Wildman–Crippen LogP) is 0.524. The van der Waals surface area contributed by atoms with Crippen LogP contribution in [0.15, 0.2) is 0 Å². The normalized spacial score (nSPS) is 11.6. The van der Waals surface area contributed by atoms with E-state index in [2.05, 4.69) is 0 Å². The van der Waals surface area contributed by atoms with Crippen LogP contribution in [-0.4, -0.2) is 20.4 Å². The van der Waals surface area contributed by atoms with Gasteiger partial charge in [-0.1, -0.05) is 13.3 Å². The molecule has 0 amide bonds. The van der Waals surface area contributed by atoms with Crippen molar-refractivity contribution in [2.24, 2.45) is 0 Å². The molecule has 0 rings (SSSR count). The first kappa shape index (κ1) is 9.53. The summed E-state index contributed by atoms with van der Waals surface area (Å²) < 4.78 is 0. The summed E-state index contributed by atoms with van der Waals surface area (Å²) in [6, 6.07) is 0. The molecular weight excluding hydrogens is 159 g/mol. The van der Waals surface area contributed by atoms with Gasteiger partial charge in [0.05, 0.1) is 0 Å². The van der Waals surface area contributed by atoms with E-state index >= 15 is 0 Å². The van der Waals surface area contributed by atoms with E-state index in [-0.39, 0.29) is 0 Å². The Hall–Kier alpha value is 0.530. The van der Waals surface area contributed by atoms with Crippen molar-refractivity contribution in [1.82, 2.24) is 0 Å². The monoisotopic (exact) mass is 171 g/mol. The van der Waals surface area contributed by atoms with Gasteiger partial charge >= 0.3 is 6.72 Å². The zero-order chi connectivity index (χ0) is 7.33. The molecule has 0 aromatic heterocycles. The molecule has 0 aliphatic rings. The van der Waals surface area contributed by atoms with E-state index in [4.69, 9.17) is 14.7 Å². The molecule has 0 saturated carbocycles. The fourth-order valence-electron chi connectivity index (χ4n) is 0.331. The Kier molecular flexibility index (Phi) is 4.62. The van der Waals surface area contributed by atoms with Crippen molar-refractivity contribution in [2.75, 3.05) is 5.75 Å². The summed E-state index contributed by atoms with van der Waals surface area (Å²) in [6.07, 6.45) is 1.92. The van der Waals surface area contributed by atoms with Crippen molar-refractivity contribution in [1.29, 1.82) is 0 Å². The van der Waals surface area contributed by atoms with E-state index in [0.717, 1.165) is 23.8 Å². The van der Waals surface area contributed by atoms with E-state index in [1.54, 1.807) is 0 Å². The largest absolute Gasteiger partial charge is 0.515 e. The number of hydrogen-bond acceptors (Lipinski definition) is 0. The second-order valence-corrected chi connectivity index (χ2v) is 5.64. The maximum Gasteiger partial charge on any atom is 0.515 e. The summed E-state index contributed by atoms with van der Waals surface area (Å²) in [6.45, 7) is -1.52. The first-order valence-electron chi connectivity index (χ1n) is 2.78. The van der Waals surface area contributed by atoms with E-state index in [1.165, 1.54) is 0 Å². The van der Waals surface area contributed by atoms with Gasteiger partial charge in [-0.25, -0.2) is 0 Å². The summed E-state index contributed by atoms with van der Waals surface area (Å²) in [5.41, 5.74) is 0. The van der Waals surface area contributed by atoms with E-state index in [0.29, 0.717) is 5.75 Å². The molecule has 0 spiro atoms. The van der Waals surface area contributed by atoms with Gasteiger partial charge in [-0.05, 0) is 0 Å². The molecule has 0 bridgehead atoms. The number of rotatable bonds is 3. The number of unbranched alkanes of at least 4 members (excludes halogenated alkanes) is 1. The topological polar surface area (TPSA) is 60.7 Å². The van der Waals surface area contributed by atoms with Gasteiger partial charge < -0.3 is 0 Å². The average Bonchev–Trinajstić information content (AvgIpc) is 1.63. The van der Waals surface area contributed by atoms with Gasteiger partial charge in [0.25, 0.3) is 0 Å². The lowest BCUT2D eigenvalue weighted by Gasteiger charge is -1.85. The van der Waals surface area contributed by atoms with Gasteiger partial charge in [0, 0.05) is 6.42 Å². The minimum absolute atomic E-state index is 0.619. The smallest absolute Gasteiger partial charge is 0.290 e. The van der Waals surface area contributed by atoms with E-state index in [9.17, 15) is 0 Å². The molecule has 0 aliphatic heterocycles. The van der Waals surface area contributed by atoms with E-state index in [1.807, 2.05) is 6.92 Å². The van der Waals surface area contributed by atoms with Crippen LogP contribution >= 0.6 is 6.72 Å². The molecule has 0 heterocycles. The Bertz CT molecular complexity index is 111. The van der Waals surface area contributed by atoms with Crippen LogP contribution in [0.3, 0.4) is 0 Å². The third-order valence-electron chi connectivity index (χ3n) is 0.762. The standard InChI is InChI=1S/C4H12O3PS/c1-2-3-4-9-8(5,6)7/h5-7H,2-4H2,1H3/q+1. The van der Waals surface area contributed by atoms with Crippen LogP contribution in [-0.2, 0) is 10.9 Å². The Labute approximate surface area is 58.6 Å². The second kappa shape index (κ2) is 4.36. The van der Waals surface area contributed by atoms with Crippen LogP contribution in [0.5, 0.6) is 0 Å². The van der Waals surface area contributed by atoms with Gasteiger partial charge in [-0.2, -0.15) is 0 Å². The maximum atomic E-state index is 8.43. The molecule has 0 aromatic carbocycles. The SMILES string of the molecule is CCCC[S+]=P(O)(O)O. The Balaban J connectivity index is 3.45. The van der Waals surface area contributed by atoms with Crippen molar-refractivity contribution in [2.45, 2.75) is 19.8 Å². The van der Waals surface area contributed by atoms with Crippen molar-refractivity contribution in [3.05, 3.63) is 0 Å². The molecule has 0 radical (unpaired) electrons. The molecule has 0 aromatic rings. The third kappa shape index (κ3) is 8.53. The fourth-order valence-corrected chi connectivity index (χ4v) is 2.12. The van der Waals surface area contributed by atoms with Gasteiger partial charge in [0.15, 0.2) is 5.75 Å². The molecule has 3 nitrogen and oxygen atoms in total. The maximum absolute atomic E-state index is 8.43. The molecule has 0 unspecified atom stereocenters. The zero-order valence-corrected chi connectivity index (χ0v) is 7.03. The predicted molar refractivity (Wildman–Crippen MR) is 40.7 cm³/mol. The van der Waals surface area contributed by atoms with Crippen LogP contribution < -0.4 is 0 Å². The first-order valence-corrected chi connectivity index (χ1v) is 6.02. The van der Waals surface area contributed by atoms with Gasteiger partial charge in [-0.15, -0.1) is 0 Å². The van der Waals surface area contributed by atoms with Crippen LogP contribution in [0, 0.1) is 0 Å². The summed E-state index contributed by atoms with van der Waals surface area (Å²) in [5.74, 6) is 0.619. The Morgan fingerprint density at radius 3 is 2.22 bits per heavy atom. The summed E-state index contributed by atoms with van der Waals surface area (Å²) in [5, 5.41) is 0. The lowest BCUT2D eigenvalue weighted by molar-refractivity contribution is 0.363. The highest BCUT2D eigenvalue weighted by molar-refractivity contribution is 8.16. The van der Waals surface area contributed by atoms with Crippen molar-refractivity contribution >= 4 is 17.7 Å². The highest BCUT2D eigenvalue weighted by Gasteiger charge is 2.16. The lowest BCUT2D eigenvalue weighted by Crippen LogP contribution is -1.83. The molecule has 3 N–H and O–H groups in total. The molecule has 0 saturated heterocycles. The van der Waals surface area contributed by atoms with Crippen LogP contribution in [0.25, 0.3) is 0 Å². The zero-order valence-electron chi connectivity index (χ0n) is 5.32. The lowest BCUT2D eigenvalue weighted by atomic mass is 10.4. The minimum atomic E-state index is -3.53. The molecule has 0 atom stereocenters. The van der Waals surface area contributed by atoms with Crippen LogP contribution in [0.2, 0.25) is 0 Å². The second-order valence-electron chi connectivity index (χ2n) is 1.70. The molecular formula is C4H12O3PS+. The van der Waals surface area contributed by atoms with Crippen molar-refractivity contribution in [3.8, 4) is 0 Å². The fraction of sp³-hybridized carbons (Fsp3) is 1.00.